The second kappa shape index (κ2) is 9.41. The normalized spacial score (nSPS) is 10.8. The number of H-pyrrole nitrogens is 1. The number of amides is 1. The minimum Gasteiger partial charge on any atom is -0.492 e. The lowest BCUT2D eigenvalue weighted by atomic mass is 10.2. The third-order valence-corrected chi connectivity index (χ3v) is 5.11. The summed E-state index contributed by atoms with van der Waals surface area (Å²) in [7, 11) is 0. The number of nitrogens with zero attached hydrogens (tertiary/aromatic N) is 1. The van der Waals surface area contributed by atoms with Crippen molar-refractivity contribution in [3.8, 4) is 28.7 Å². The summed E-state index contributed by atoms with van der Waals surface area (Å²) in [6.45, 7) is 2.45. The number of para-hydroxylation sites is 2. The zero-order valence-corrected chi connectivity index (χ0v) is 17.2. The first kappa shape index (κ1) is 19.9. The predicted molar refractivity (Wildman–Crippen MR) is 116 cm³/mol. The Balaban J connectivity index is 1.40. The number of rotatable bonds is 9. The Morgan fingerprint density at radius 1 is 1.10 bits per heavy atom. The molecule has 1 aromatic carbocycles. The minimum atomic E-state index is -0.0845. The molecule has 0 aliphatic rings. The Hall–Kier alpha value is -3.39. The molecule has 0 unspecified atom stereocenters. The van der Waals surface area contributed by atoms with Crippen molar-refractivity contribution in [3.05, 3.63) is 61.1 Å². The molecule has 30 heavy (non-hydrogen) atoms. The van der Waals surface area contributed by atoms with Crippen LogP contribution in [-0.2, 0) is 4.79 Å². The molecule has 154 valence electrons. The fourth-order valence-electron chi connectivity index (χ4n) is 2.91. The summed E-state index contributed by atoms with van der Waals surface area (Å²) in [5.41, 5.74) is 2.09. The van der Waals surface area contributed by atoms with E-state index < -0.39 is 0 Å². The Bertz CT molecular complexity index is 1040. The molecule has 0 aliphatic heterocycles. The largest absolute Gasteiger partial charge is 0.492 e. The van der Waals surface area contributed by atoms with E-state index in [1.807, 2.05) is 55.5 Å². The van der Waals surface area contributed by atoms with Crippen molar-refractivity contribution in [1.82, 2.24) is 9.97 Å². The first-order valence-corrected chi connectivity index (χ1v) is 10.6. The molecule has 3 aromatic heterocycles. The highest BCUT2D eigenvalue weighted by Crippen LogP contribution is 2.33. The van der Waals surface area contributed by atoms with E-state index in [9.17, 15) is 4.79 Å². The molecule has 1 amide bonds. The van der Waals surface area contributed by atoms with Crippen LogP contribution in [0, 0.1) is 0 Å². The SMILES string of the molecule is CCOc1ccccc1NC(=O)CCSc1nc(-c2ccco2)c(-c2ccco2)[nH]1. The summed E-state index contributed by atoms with van der Waals surface area (Å²) in [6, 6.07) is 14.7. The monoisotopic (exact) mass is 423 g/mol. The highest BCUT2D eigenvalue weighted by atomic mass is 32.2. The quantitative estimate of drug-likeness (QED) is 0.348. The maximum Gasteiger partial charge on any atom is 0.225 e. The van der Waals surface area contributed by atoms with E-state index >= 15 is 0 Å². The Kier molecular flexibility index (Phi) is 6.24. The molecule has 0 bridgehead atoms. The van der Waals surface area contributed by atoms with Crippen molar-refractivity contribution in [2.24, 2.45) is 0 Å². The van der Waals surface area contributed by atoms with Gasteiger partial charge < -0.3 is 23.9 Å². The van der Waals surface area contributed by atoms with E-state index in [-0.39, 0.29) is 5.91 Å². The van der Waals surface area contributed by atoms with Gasteiger partial charge in [0.05, 0.1) is 24.8 Å². The fraction of sp³-hybridized carbons (Fsp3) is 0.182. The van der Waals surface area contributed by atoms with Gasteiger partial charge in [0, 0.05) is 12.2 Å². The molecule has 7 nitrogen and oxygen atoms in total. The number of imidazole rings is 1. The lowest BCUT2D eigenvalue weighted by molar-refractivity contribution is -0.115. The molecule has 2 N–H and O–H groups in total. The van der Waals surface area contributed by atoms with Crippen molar-refractivity contribution in [3.63, 3.8) is 0 Å². The van der Waals surface area contributed by atoms with Crippen molar-refractivity contribution in [2.75, 3.05) is 17.7 Å². The van der Waals surface area contributed by atoms with Gasteiger partial charge in [-0.05, 0) is 43.3 Å². The fourth-order valence-corrected chi connectivity index (χ4v) is 3.73. The summed E-state index contributed by atoms with van der Waals surface area (Å²) < 4.78 is 16.6. The van der Waals surface area contributed by atoms with Crippen LogP contribution in [0.15, 0.2) is 75.0 Å². The molecular weight excluding hydrogens is 402 g/mol. The molecule has 4 aromatic rings. The van der Waals surface area contributed by atoms with Crippen molar-refractivity contribution >= 4 is 23.4 Å². The number of furan rings is 2. The molecule has 0 saturated heterocycles. The van der Waals surface area contributed by atoms with Gasteiger partial charge in [-0.2, -0.15) is 0 Å². The van der Waals surface area contributed by atoms with Crippen LogP contribution in [0.25, 0.3) is 22.9 Å². The summed E-state index contributed by atoms with van der Waals surface area (Å²) in [4.78, 5) is 20.3. The average molecular weight is 423 g/mol. The van der Waals surface area contributed by atoms with Crippen LogP contribution in [0.4, 0.5) is 5.69 Å². The number of anilines is 1. The number of carbonyl (C=O) groups excluding carboxylic acids is 1. The zero-order chi connectivity index (χ0) is 20.8. The second-order valence-electron chi connectivity index (χ2n) is 6.30. The van der Waals surface area contributed by atoms with Crippen molar-refractivity contribution in [1.29, 1.82) is 0 Å². The van der Waals surface area contributed by atoms with Crippen LogP contribution in [0.1, 0.15) is 13.3 Å². The topological polar surface area (TPSA) is 93.3 Å². The van der Waals surface area contributed by atoms with E-state index in [2.05, 4.69) is 15.3 Å². The van der Waals surface area contributed by atoms with Crippen LogP contribution in [-0.4, -0.2) is 28.2 Å². The first-order chi connectivity index (χ1) is 14.7. The van der Waals surface area contributed by atoms with E-state index in [0.29, 0.717) is 52.6 Å². The molecular formula is C22H21N3O4S. The van der Waals surface area contributed by atoms with Crippen LogP contribution in [0.5, 0.6) is 5.75 Å². The number of aromatic nitrogens is 2. The number of hydrogen-bond donors (Lipinski definition) is 2. The van der Waals surface area contributed by atoms with Crippen LogP contribution in [0.3, 0.4) is 0 Å². The Labute approximate surface area is 177 Å². The Morgan fingerprint density at radius 3 is 2.60 bits per heavy atom. The third kappa shape index (κ3) is 4.60. The molecule has 4 rings (SSSR count). The molecule has 0 aliphatic carbocycles. The van der Waals surface area contributed by atoms with Gasteiger partial charge >= 0.3 is 0 Å². The van der Waals surface area contributed by atoms with E-state index in [4.69, 9.17) is 13.6 Å². The molecule has 0 saturated carbocycles. The van der Waals surface area contributed by atoms with Crippen molar-refractivity contribution < 1.29 is 18.4 Å². The van der Waals surface area contributed by atoms with Gasteiger partial charge in [-0.1, -0.05) is 23.9 Å². The molecule has 0 radical (unpaired) electrons. The Morgan fingerprint density at radius 2 is 1.87 bits per heavy atom. The molecule has 0 atom stereocenters. The molecule has 3 heterocycles. The lowest BCUT2D eigenvalue weighted by Crippen LogP contribution is -2.13. The highest BCUT2D eigenvalue weighted by Gasteiger charge is 2.18. The molecule has 8 heteroatoms. The maximum atomic E-state index is 12.4. The van der Waals surface area contributed by atoms with Gasteiger partial charge in [-0.3, -0.25) is 4.79 Å². The van der Waals surface area contributed by atoms with Gasteiger partial charge in [0.25, 0.3) is 0 Å². The number of thioether (sulfide) groups is 1. The second-order valence-corrected chi connectivity index (χ2v) is 7.38. The molecule has 0 fully saturated rings. The predicted octanol–water partition coefficient (Wildman–Crippen LogP) is 5.45. The maximum absolute atomic E-state index is 12.4. The van der Waals surface area contributed by atoms with Crippen LogP contribution in [0.2, 0.25) is 0 Å². The van der Waals surface area contributed by atoms with Crippen molar-refractivity contribution in [2.45, 2.75) is 18.5 Å². The number of nitrogens with one attached hydrogen (secondary N) is 2. The van der Waals surface area contributed by atoms with Gasteiger partial charge in [0.15, 0.2) is 16.7 Å². The zero-order valence-electron chi connectivity index (χ0n) is 16.4. The summed E-state index contributed by atoms with van der Waals surface area (Å²) in [5.74, 6) is 2.46. The standard InChI is InChI=1S/C22H21N3O4S/c1-2-27-16-8-4-3-7-15(16)23-19(26)11-14-30-22-24-20(17-9-5-12-28-17)21(25-22)18-10-6-13-29-18/h3-10,12-13H,2,11,14H2,1H3,(H,23,26)(H,24,25). The van der Waals surface area contributed by atoms with Gasteiger partial charge in [0.2, 0.25) is 5.91 Å². The van der Waals surface area contributed by atoms with Gasteiger partial charge in [-0.25, -0.2) is 4.98 Å². The van der Waals surface area contributed by atoms with E-state index in [0.717, 1.165) is 5.69 Å². The summed E-state index contributed by atoms with van der Waals surface area (Å²) in [5, 5.41) is 3.60. The third-order valence-electron chi connectivity index (χ3n) is 4.23. The number of carbonyl (C=O) groups is 1. The van der Waals surface area contributed by atoms with E-state index in [1.54, 1.807) is 12.5 Å². The summed E-state index contributed by atoms with van der Waals surface area (Å²) >= 11 is 1.46. The van der Waals surface area contributed by atoms with E-state index in [1.165, 1.54) is 11.8 Å². The number of ether oxygens (including phenoxy) is 1. The number of benzene rings is 1. The lowest BCUT2D eigenvalue weighted by Gasteiger charge is -2.10. The van der Waals surface area contributed by atoms with Gasteiger partial charge in [-0.15, -0.1) is 0 Å². The number of hydrogen-bond acceptors (Lipinski definition) is 6. The van der Waals surface area contributed by atoms with Crippen LogP contribution < -0.4 is 10.1 Å². The average Bonchev–Trinajstić information content (AvgIpc) is 3.50. The first-order valence-electron chi connectivity index (χ1n) is 9.57. The highest BCUT2D eigenvalue weighted by molar-refractivity contribution is 7.99. The van der Waals surface area contributed by atoms with Gasteiger partial charge in [0.1, 0.15) is 17.1 Å². The molecule has 0 spiro atoms. The minimum absolute atomic E-state index is 0.0845. The number of aromatic amines is 1. The summed E-state index contributed by atoms with van der Waals surface area (Å²) in [6.07, 6.45) is 3.55. The smallest absolute Gasteiger partial charge is 0.225 e. The van der Waals surface area contributed by atoms with Crippen LogP contribution >= 0.6 is 11.8 Å².